The predicted octanol–water partition coefficient (Wildman–Crippen LogP) is 5.22. The van der Waals surface area contributed by atoms with Crippen molar-refractivity contribution in [1.29, 1.82) is 0 Å². The largest absolute Gasteiger partial charge is 0.234 e. The van der Waals surface area contributed by atoms with Gasteiger partial charge in [0.2, 0.25) is 12.2 Å². The molecule has 0 N–H and O–H groups in total. The molecule has 4 unspecified atom stereocenters. The highest BCUT2D eigenvalue weighted by atomic mass is 16.1. The molecule has 0 aromatic heterocycles. The quantitative estimate of drug-likeness (QED) is 0.261. The minimum absolute atomic E-state index is 0.497. The minimum Gasteiger partial charge on any atom is -0.211 e. The second-order valence-corrected chi connectivity index (χ2v) is 8.36. The summed E-state index contributed by atoms with van der Waals surface area (Å²) in [7, 11) is 0. The molecule has 2 rings (SSSR count). The Morgan fingerprint density at radius 2 is 1.60 bits per heavy atom. The Bertz CT molecular complexity index is 494. The Morgan fingerprint density at radius 3 is 2.36 bits per heavy atom. The van der Waals surface area contributed by atoms with Crippen molar-refractivity contribution in [2.24, 2.45) is 33.2 Å². The van der Waals surface area contributed by atoms with Crippen LogP contribution < -0.4 is 0 Å². The minimum atomic E-state index is 0.497. The van der Waals surface area contributed by atoms with Crippen molar-refractivity contribution in [3.05, 3.63) is 0 Å². The van der Waals surface area contributed by atoms with Crippen molar-refractivity contribution in [1.82, 2.24) is 0 Å². The third kappa shape index (κ3) is 5.90. The Morgan fingerprint density at radius 1 is 0.880 bits per heavy atom. The van der Waals surface area contributed by atoms with Crippen molar-refractivity contribution >= 4 is 12.2 Å². The number of rotatable bonds is 13. The van der Waals surface area contributed by atoms with E-state index in [-0.39, 0.29) is 0 Å². The summed E-state index contributed by atoms with van der Waals surface area (Å²) in [4.78, 5) is 28.3. The van der Waals surface area contributed by atoms with Gasteiger partial charge in [0.15, 0.2) is 0 Å². The van der Waals surface area contributed by atoms with Gasteiger partial charge in [-0.15, -0.1) is 0 Å². The van der Waals surface area contributed by atoms with E-state index in [4.69, 9.17) is 0 Å². The smallest absolute Gasteiger partial charge is 0.211 e. The van der Waals surface area contributed by atoms with E-state index >= 15 is 0 Å². The van der Waals surface area contributed by atoms with Gasteiger partial charge in [-0.3, -0.25) is 0 Å². The van der Waals surface area contributed by atoms with Crippen LogP contribution in [0.25, 0.3) is 0 Å². The molecular formula is C21H34N2O2. The number of fused-ring (bicyclic) bond motifs is 2. The van der Waals surface area contributed by atoms with Crippen molar-refractivity contribution in [3.63, 3.8) is 0 Å². The fourth-order valence-electron chi connectivity index (χ4n) is 5.62. The second-order valence-electron chi connectivity index (χ2n) is 8.36. The highest BCUT2D eigenvalue weighted by Crippen LogP contribution is 2.62. The first-order valence-electron chi connectivity index (χ1n) is 10.3. The summed E-state index contributed by atoms with van der Waals surface area (Å²) in [6.45, 7) is 3.53. The molecule has 0 radical (unpaired) electrons. The summed E-state index contributed by atoms with van der Waals surface area (Å²) in [5.41, 5.74) is 0.497. The van der Waals surface area contributed by atoms with E-state index in [1.807, 2.05) is 0 Å². The lowest BCUT2D eigenvalue weighted by molar-refractivity contribution is 0.167. The van der Waals surface area contributed by atoms with Crippen LogP contribution in [-0.4, -0.2) is 25.2 Å². The number of hydrogen-bond acceptors (Lipinski definition) is 4. The Labute approximate surface area is 152 Å². The monoisotopic (exact) mass is 346 g/mol. The Hall–Kier alpha value is -1.24. The number of nitrogens with zero attached hydrogens (tertiary/aromatic N) is 2. The van der Waals surface area contributed by atoms with E-state index in [2.05, 4.69) is 16.9 Å². The van der Waals surface area contributed by atoms with E-state index < -0.39 is 0 Å². The summed E-state index contributed by atoms with van der Waals surface area (Å²) in [5, 5.41) is 0. The number of unbranched alkanes of at least 4 members (excludes halogenated alkanes) is 5. The summed E-state index contributed by atoms with van der Waals surface area (Å²) >= 11 is 0. The molecule has 2 bridgehead atoms. The van der Waals surface area contributed by atoms with Crippen molar-refractivity contribution in [3.8, 4) is 0 Å². The number of carbonyl (C=O) groups excluding carboxylic acids is 2. The zero-order valence-corrected chi connectivity index (χ0v) is 15.8. The third-order valence-electron chi connectivity index (χ3n) is 6.63. The highest BCUT2D eigenvalue weighted by molar-refractivity contribution is 5.33. The molecule has 0 heterocycles. The fourth-order valence-corrected chi connectivity index (χ4v) is 5.62. The molecule has 4 heteroatoms. The fraction of sp³-hybridized carbons (Fsp3) is 0.905. The molecule has 0 spiro atoms. The maximum Gasteiger partial charge on any atom is 0.234 e. The van der Waals surface area contributed by atoms with Gasteiger partial charge in [0.25, 0.3) is 0 Å². The lowest BCUT2D eigenvalue weighted by Crippen LogP contribution is -2.26. The molecule has 2 saturated carbocycles. The van der Waals surface area contributed by atoms with Gasteiger partial charge >= 0.3 is 0 Å². The number of hydrogen-bond donors (Lipinski definition) is 0. The molecule has 2 aliphatic carbocycles. The summed E-state index contributed by atoms with van der Waals surface area (Å²) in [5.74, 6) is 2.00. The molecular weight excluding hydrogens is 312 g/mol. The first-order valence-corrected chi connectivity index (χ1v) is 10.3. The lowest BCUT2D eigenvalue weighted by atomic mass is 9.71. The average Bonchev–Trinajstić information content (AvgIpc) is 3.15. The van der Waals surface area contributed by atoms with Crippen LogP contribution in [0, 0.1) is 23.2 Å². The van der Waals surface area contributed by atoms with Gasteiger partial charge in [0.05, 0.1) is 13.1 Å². The van der Waals surface area contributed by atoms with Crippen LogP contribution in [0.2, 0.25) is 0 Å². The molecule has 2 aliphatic rings. The molecule has 4 atom stereocenters. The van der Waals surface area contributed by atoms with Gasteiger partial charge in [-0.05, 0) is 61.7 Å². The maximum absolute atomic E-state index is 10.5. The molecule has 0 aromatic rings. The molecule has 0 saturated heterocycles. The van der Waals surface area contributed by atoms with E-state index in [1.165, 1.54) is 64.2 Å². The summed E-state index contributed by atoms with van der Waals surface area (Å²) in [6, 6.07) is 0. The highest BCUT2D eigenvalue weighted by Gasteiger charge is 2.54. The van der Waals surface area contributed by atoms with Gasteiger partial charge < -0.3 is 0 Å². The molecule has 0 aromatic carbocycles. The maximum atomic E-state index is 10.5. The first kappa shape index (κ1) is 20.1. The molecule has 25 heavy (non-hydrogen) atoms. The van der Waals surface area contributed by atoms with Crippen LogP contribution in [0.4, 0.5) is 0 Å². The number of isocyanates is 2. The van der Waals surface area contributed by atoms with Crippen LogP contribution in [-0.2, 0) is 9.59 Å². The van der Waals surface area contributed by atoms with E-state index in [0.29, 0.717) is 30.3 Å². The summed E-state index contributed by atoms with van der Waals surface area (Å²) in [6.07, 6.45) is 18.9. The average molecular weight is 347 g/mol. The van der Waals surface area contributed by atoms with Crippen LogP contribution >= 0.6 is 0 Å². The van der Waals surface area contributed by atoms with Crippen LogP contribution in [0.3, 0.4) is 0 Å². The molecule has 0 aliphatic heterocycles. The molecule has 140 valence electrons. The van der Waals surface area contributed by atoms with Gasteiger partial charge in [-0.1, -0.05) is 45.4 Å². The number of aliphatic imine (C=N–C) groups is 2. The zero-order chi connectivity index (χ0) is 18.0. The van der Waals surface area contributed by atoms with Gasteiger partial charge in [0.1, 0.15) is 0 Å². The molecule has 2 fully saturated rings. The van der Waals surface area contributed by atoms with E-state index in [0.717, 1.165) is 18.8 Å². The third-order valence-corrected chi connectivity index (χ3v) is 6.63. The van der Waals surface area contributed by atoms with E-state index in [1.54, 1.807) is 12.2 Å². The standard InChI is InChI=1S/C21H34N2O2/c1-2-3-4-5-6-7-10-21-12-18(9-8-11-22-16-24)20(14-21)19(13-21)15-23-17-25/h18-20H,2-15H2,1H3. The topological polar surface area (TPSA) is 58.9 Å². The van der Waals surface area contributed by atoms with E-state index in [9.17, 15) is 9.59 Å². The first-order chi connectivity index (χ1) is 12.2. The SMILES string of the molecule is CCCCCCCCC12CC(CCCN=C=O)C(C1)C(CN=C=O)C2. The van der Waals surface area contributed by atoms with Crippen LogP contribution in [0.15, 0.2) is 9.98 Å². The zero-order valence-electron chi connectivity index (χ0n) is 15.8. The van der Waals surface area contributed by atoms with Crippen molar-refractivity contribution in [2.75, 3.05) is 13.1 Å². The second kappa shape index (κ2) is 10.7. The Kier molecular flexibility index (Phi) is 8.58. The Balaban J connectivity index is 1.84. The normalized spacial score (nSPS) is 30.0. The predicted molar refractivity (Wildman–Crippen MR) is 100.0 cm³/mol. The van der Waals surface area contributed by atoms with Gasteiger partial charge in [-0.2, -0.15) is 0 Å². The molecule has 4 nitrogen and oxygen atoms in total. The van der Waals surface area contributed by atoms with Gasteiger partial charge in [0, 0.05) is 0 Å². The van der Waals surface area contributed by atoms with Crippen LogP contribution in [0.1, 0.15) is 84.0 Å². The lowest BCUT2D eigenvalue weighted by Gasteiger charge is -2.34. The van der Waals surface area contributed by atoms with Crippen molar-refractivity contribution in [2.45, 2.75) is 84.0 Å². The van der Waals surface area contributed by atoms with Crippen LogP contribution in [0.5, 0.6) is 0 Å². The van der Waals surface area contributed by atoms with Gasteiger partial charge in [-0.25, -0.2) is 19.6 Å². The molecule has 0 amide bonds. The summed E-state index contributed by atoms with van der Waals surface area (Å²) < 4.78 is 0. The van der Waals surface area contributed by atoms with Crippen molar-refractivity contribution < 1.29 is 9.59 Å².